The monoisotopic (exact) mass is 153 g/mol. The van der Waals surface area contributed by atoms with Gasteiger partial charge < -0.3 is 5.32 Å². The van der Waals surface area contributed by atoms with E-state index in [0.29, 0.717) is 6.54 Å². The standard InChI is InChI=1S/C3H6N4O2.Na/c4-3-5-1-2-6(3)7(8)9;/h1-2H2,(H2,4,5);. The summed E-state index contributed by atoms with van der Waals surface area (Å²) in [6, 6.07) is 0. The Balaban J connectivity index is 0.000000810. The fourth-order valence-electron chi connectivity index (χ4n) is 0.647. The molecular weight excluding hydrogens is 147 g/mol. The molecule has 0 amide bonds. The molecule has 0 unspecified atom stereocenters. The third kappa shape index (κ3) is 1.83. The molecule has 6 nitrogen and oxygen atoms in total. The number of nitro groups is 1. The SMILES string of the molecule is N=C1NCCN1[N+](=O)[O-].[Na]. The Morgan fingerprint density at radius 2 is 2.40 bits per heavy atom. The minimum absolute atomic E-state index is 0. The van der Waals surface area contributed by atoms with E-state index in [4.69, 9.17) is 5.41 Å². The fraction of sp³-hybridized carbons (Fsp3) is 0.667. The predicted molar refractivity (Wildman–Crippen MR) is 35.2 cm³/mol. The Morgan fingerprint density at radius 1 is 1.80 bits per heavy atom. The van der Waals surface area contributed by atoms with Crippen molar-refractivity contribution in [2.24, 2.45) is 0 Å². The van der Waals surface area contributed by atoms with Crippen LogP contribution >= 0.6 is 0 Å². The number of rotatable bonds is 1. The van der Waals surface area contributed by atoms with Gasteiger partial charge in [-0.25, -0.2) is 10.1 Å². The van der Waals surface area contributed by atoms with Crippen molar-refractivity contribution >= 4 is 35.5 Å². The molecule has 1 rings (SSSR count). The van der Waals surface area contributed by atoms with Gasteiger partial charge in [-0.2, -0.15) is 0 Å². The molecule has 0 aromatic carbocycles. The molecule has 1 aliphatic heterocycles. The smallest absolute Gasteiger partial charge is 0.254 e. The maximum Gasteiger partial charge on any atom is 0.254 e. The maximum atomic E-state index is 9.96. The quantitative estimate of drug-likeness (QED) is 0.277. The Morgan fingerprint density at radius 3 is 2.60 bits per heavy atom. The van der Waals surface area contributed by atoms with Crippen molar-refractivity contribution in [3.05, 3.63) is 10.1 Å². The summed E-state index contributed by atoms with van der Waals surface area (Å²) in [5.41, 5.74) is 0. The predicted octanol–water partition coefficient (Wildman–Crippen LogP) is -1.36. The molecule has 51 valence electrons. The zero-order valence-corrected chi connectivity index (χ0v) is 7.63. The number of hydrogen-bond acceptors (Lipinski definition) is 3. The van der Waals surface area contributed by atoms with E-state index < -0.39 is 5.03 Å². The first-order valence-corrected chi connectivity index (χ1v) is 2.46. The van der Waals surface area contributed by atoms with Gasteiger partial charge in [0, 0.05) is 36.1 Å². The summed E-state index contributed by atoms with van der Waals surface area (Å²) in [7, 11) is 0. The fourth-order valence-corrected chi connectivity index (χ4v) is 0.647. The number of hydrazine groups is 1. The summed E-state index contributed by atoms with van der Waals surface area (Å²) >= 11 is 0. The molecule has 1 fully saturated rings. The van der Waals surface area contributed by atoms with Crippen LogP contribution in [-0.4, -0.2) is 58.6 Å². The molecule has 7 heteroatoms. The number of nitrogens with zero attached hydrogens (tertiary/aromatic N) is 2. The molecular formula is C3H6N4NaO2. The molecule has 0 aromatic rings. The van der Waals surface area contributed by atoms with E-state index >= 15 is 0 Å². The largest absolute Gasteiger partial charge is 0.350 e. The molecule has 1 heterocycles. The summed E-state index contributed by atoms with van der Waals surface area (Å²) in [5.74, 6) is -0.125. The molecule has 0 spiro atoms. The summed E-state index contributed by atoms with van der Waals surface area (Å²) in [6.45, 7) is 0.769. The van der Waals surface area contributed by atoms with Crippen LogP contribution in [0.4, 0.5) is 0 Å². The summed E-state index contributed by atoms with van der Waals surface area (Å²) < 4.78 is 0. The van der Waals surface area contributed by atoms with E-state index in [-0.39, 0.29) is 42.1 Å². The first kappa shape index (κ1) is 9.67. The summed E-state index contributed by atoms with van der Waals surface area (Å²) in [6.07, 6.45) is 0. The van der Waals surface area contributed by atoms with Gasteiger partial charge in [-0.3, -0.25) is 5.41 Å². The first-order chi connectivity index (χ1) is 4.22. The molecule has 1 aliphatic rings. The van der Waals surface area contributed by atoms with Crippen LogP contribution in [-0.2, 0) is 0 Å². The zero-order valence-electron chi connectivity index (χ0n) is 5.63. The molecule has 10 heavy (non-hydrogen) atoms. The van der Waals surface area contributed by atoms with E-state index in [9.17, 15) is 10.1 Å². The Bertz CT molecular complexity index is 161. The van der Waals surface area contributed by atoms with E-state index in [2.05, 4.69) is 5.32 Å². The Labute approximate surface area is 79.5 Å². The maximum absolute atomic E-state index is 9.96. The van der Waals surface area contributed by atoms with Crippen LogP contribution in [0.15, 0.2) is 0 Å². The second-order valence-corrected chi connectivity index (χ2v) is 1.64. The van der Waals surface area contributed by atoms with Crippen LogP contribution in [0.2, 0.25) is 0 Å². The average Bonchev–Trinajstić information content (AvgIpc) is 2.13. The van der Waals surface area contributed by atoms with E-state index in [0.717, 1.165) is 5.01 Å². The van der Waals surface area contributed by atoms with Crippen molar-refractivity contribution in [1.82, 2.24) is 10.3 Å². The second-order valence-electron chi connectivity index (χ2n) is 1.64. The third-order valence-corrected chi connectivity index (χ3v) is 1.07. The topological polar surface area (TPSA) is 82.3 Å². The van der Waals surface area contributed by atoms with Gasteiger partial charge in [0.05, 0.1) is 0 Å². The van der Waals surface area contributed by atoms with Crippen LogP contribution < -0.4 is 5.32 Å². The van der Waals surface area contributed by atoms with Crippen LogP contribution in [0.1, 0.15) is 0 Å². The minimum Gasteiger partial charge on any atom is -0.350 e. The van der Waals surface area contributed by atoms with Gasteiger partial charge in [-0.15, -0.1) is 0 Å². The molecule has 0 aromatic heterocycles. The molecule has 0 aliphatic carbocycles. The summed E-state index contributed by atoms with van der Waals surface area (Å²) in [5, 5.41) is 19.6. The van der Waals surface area contributed by atoms with Crippen molar-refractivity contribution in [2.75, 3.05) is 13.1 Å². The second kappa shape index (κ2) is 3.75. The molecule has 0 bridgehead atoms. The zero-order chi connectivity index (χ0) is 6.85. The van der Waals surface area contributed by atoms with Crippen LogP contribution in [0.5, 0.6) is 0 Å². The van der Waals surface area contributed by atoms with Gasteiger partial charge in [0.2, 0.25) is 0 Å². The van der Waals surface area contributed by atoms with Crippen LogP contribution in [0.25, 0.3) is 0 Å². The first-order valence-electron chi connectivity index (χ1n) is 2.46. The van der Waals surface area contributed by atoms with Gasteiger partial charge in [0.15, 0.2) is 5.03 Å². The molecule has 0 atom stereocenters. The van der Waals surface area contributed by atoms with Gasteiger partial charge in [-0.1, -0.05) is 5.01 Å². The van der Waals surface area contributed by atoms with Crippen molar-refractivity contribution in [2.45, 2.75) is 0 Å². The van der Waals surface area contributed by atoms with Crippen LogP contribution in [0, 0.1) is 15.5 Å². The van der Waals surface area contributed by atoms with E-state index in [1.807, 2.05) is 0 Å². The van der Waals surface area contributed by atoms with Gasteiger partial charge >= 0.3 is 0 Å². The average molecular weight is 153 g/mol. The van der Waals surface area contributed by atoms with Crippen molar-refractivity contribution in [1.29, 1.82) is 5.41 Å². The van der Waals surface area contributed by atoms with Crippen LogP contribution in [0.3, 0.4) is 0 Å². The normalized spacial score (nSPS) is 16.0. The number of hydrogen-bond donors (Lipinski definition) is 2. The van der Waals surface area contributed by atoms with Crippen molar-refractivity contribution in [3.8, 4) is 0 Å². The van der Waals surface area contributed by atoms with E-state index in [1.165, 1.54) is 0 Å². The Hall–Kier alpha value is -0.330. The van der Waals surface area contributed by atoms with E-state index in [1.54, 1.807) is 0 Å². The van der Waals surface area contributed by atoms with Crippen molar-refractivity contribution < 1.29 is 5.03 Å². The Kier molecular flexibility index (Phi) is 3.62. The molecule has 2 N–H and O–H groups in total. The number of nitrogens with one attached hydrogen (secondary N) is 2. The van der Waals surface area contributed by atoms with Crippen molar-refractivity contribution in [3.63, 3.8) is 0 Å². The van der Waals surface area contributed by atoms with Gasteiger partial charge in [-0.05, 0) is 0 Å². The molecule has 1 saturated heterocycles. The van der Waals surface area contributed by atoms with Gasteiger partial charge in [0.25, 0.3) is 5.96 Å². The molecule has 1 radical (unpaired) electrons. The number of guanidine groups is 1. The third-order valence-electron chi connectivity index (χ3n) is 1.07. The molecule has 0 saturated carbocycles. The summed E-state index contributed by atoms with van der Waals surface area (Å²) in [4.78, 5) is 9.96. The van der Waals surface area contributed by atoms with Gasteiger partial charge in [0.1, 0.15) is 6.54 Å². The minimum atomic E-state index is -0.595.